The minimum Gasteiger partial charge on any atom is -0.373 e. The second-order valence-corrected chi connectivity index (χ2v) is 13.2. The Bertz CT molecular complexity index is 1040. The summed E-state index contributed by atoms with van der Waals surface area (Å²) < 4.78 is 7.20. The number of ketones is 1. The first-order valence-corrected chi connectivity index (χ1v) is 13.9. The van der Waals surface area contributed by atoms with Crippen LogP contribution >= 0.6 is 23.1 Å². The number of hydrogen-bond donors (Lipinski definition) is 1. The summed E-state index contributed by atoms with van der Waals surface area (Å²) in [5, 5.41) is 0. The molecule has 0 bridgehead atoms. The van der Waals surface area contributed by atoms with Gasteiger partial charge >= 0.3 is 0 Å². The third-order valence-electron chi connectivity index (χ3n) is 7.72. The number of nitrogens with zero attached hydrogens (tertiary/aromatic N) is 1. The molecule has 5 nitrogen and oxygen atoms in total. The average molecular weight is 487 g/mol. The van der Waals surface area contributed by atoms with Gasteiger partial charge in [-0.1, -0.05) is 32.9 Å². The summed E-state index contributed by atoms with van der Waals surface area (Å²) in [6.07, 6.45) is 8.74. The first-order valence-electron chi connectivity index (χ1n) is 12.1. The zero-order chi connectivity index (χ0) is 23.4. The van der Waals surface area contributed by atoms with Gasteiger partial charge in [-0.3, -0.25) is 9.59 Å². The summed E-state index contributed by atoms with van der Waals surface area (Å²) in [4.78, 5) is 29.5. The summed E-state index contributed by atoms with van der Waals surface area (Å²) in [6, 6.07) is 0. The van der Waals surface area contributed by atoms with Gasteiger partial charge in [-0.25, -0.2) is 0 Å². The monoisotopic (exact) mass is 486 g/mol. The molecule has 0 radical (unpaired) electrons. The molecule has 2 fully saturated rings. The molecule has 0 aromatic carbocycles. The number of fused-ring (bicyclic) bond motifs is 3. The van der Waals surface area contributed by atoms with Crippen LogP contribution in [-0.2, 0) is 11.2 Å². The number of thioether (sulfide) groups is 1. The number of likely N-dealkylation sites (tertiary alicyclic amines) is 1. The first-order chi connectivity index (χ1) is 15.8. The molecule has 178 valence electrons. The van der Waals surface area contributed by atoms with Crippen molar-refractivity contribution >= 4 is 34.8 Å². The van der Waals surface area contributed by atoms with Crippen molar-refractivity contribution in [2.45, 2.75) is 63.2 Å². The number of carbonyl (C=O) groups excluding carboxylic acids is 2. The average Bonchev–Trinajstić information content (AvgIpc) is 3.32. The number of amides is 1. The first kappa shape index (κ1) is 23.3. The summed E-state index contributed by atoms with van der Waals surface area (Å²) in [5.41, 5.74) is 10.3. The molecule has 2 aliphatic carbocycles. The molecular formula is C26H34N2O3S2. The van der Waals surface area contributed by atoms with Crippen LogP contribution in [0.4, 0.5) is 0 Å². The van der Waals surface area contributed by atoms with Gasteiger partial charge in [-0.15, -0.1) is 23.1 Å². The van der Waals surface area contributed by atoms with E-state index in [0.717, 1.165) is 71.3 Å². The fourth-order valence-corrected chi connectivity index (χ4v) is 8.47. The molecule has 2 N–H and O–H groups in total. The lowest BCUT2D eigenvalue weighted by Crippen LogP contribution is -2.44. The minimum atomic E-state index is -0.0990. The number of carbonyl (C=O) groups is 2. The van der Waals surface area contributed by atoms with Crippen LogP contribution in [0, 0.1) is 10.8 Å². The highest BCUT2D eigenvalue weighted by atomic mass is 32.2. The van der Waals surface area contributed by atoms with E-state index in [1.807, 2.05) is 4.90 Å². The summed E-state index contributed by atoms with van der Waals surface area (Å²) in [6.45, 7) is 9.13. The van der Waals surface area contributed by atoms with Crippen LogP contribution in [0.5, 0.6) is 0 Å². The minimum absolute atomic E-state index is 0.0339. The number of rotatable bonds is 4. The predicted molar refractivity (Wildman–Crippen MR) is 134 cm³/mol. The maximum atomic E-state index is 13.7. The highest BCUT2D eigenvalue weighted by molar-refractivity contribution is 8.01. The highest BCUT2D eigenvalue weighted by Gasteiger charge is 2.48. The Morgan fingerprint density at radius 2 is 2.06 bits per heavy atom. The van der Waals surface area contributed by atoms with Crippen LogP contribution in [0.25, 0.3) is 0 Å². The molecule has 33 heavy (non-hydrogen) atoms. The second-order valence-electron chi connectivity index (χ2n) is 10.6. The van der Waals surface area contributed by atoms with E-state index >= 15 is 0 Å². The molecular weight excluding hydrogens is 452 g/mol. The van der Waals surface area contributed by atoms with E-state index in [4.69, 9.17) is 10.5 Å². The molecule has 1 aromatic heterocycles. The molecule has 7 heteroatoms. The second kappa shape index (κ2) is 8.67. The molecule has 1 aromatic rings. The quantitative estimate of drug-likeness (QED) is 0.616. The lowest BCUT2D eigenvalue weighted by molar-refractivity contribution is 0.0515. The fraction of sp³-hybridized carbons (Fsp3) is 0.615. The van der Waals surface area contributed by atoms with E-state index in [-0.39, 0.29) is 28.6 Å². The molecule has 5 rings (SSSR count). The van der Waals surface area contributed by atoms with Gasteiger partial charge in [-0.2, -0.15) is 0 Å². The van der Waals surface area contributed by atoms with Crippen LogP contribution in [-0.4, -0.2) is 54.7 Å². The van der Waals surface area contributed by atoms with E-state index in [1.165, 1.54) is 11.1 Å². The number of ether oxygens (including phenoxy) is 1. The number of thiophene rings is 1. The van der Waals surface area contributed by atoms with Crippen molar-refractivity contribution in [2.24, 2.45) is 16.6 Å². The van der Waals surface area contributed by atoms with Gasteiger partial charge in [0.05, 0.1) is 21.8 Å². The van der Waals surface area contributed by atoms with E-state index in [0.29, 0.717) is 13.0 Å². The normalized spacial score (nSPS) is 25.5. The van der Waals surface area contributed by atoms with Crippen molar-refractivity contribution < 1.29 is 14.3 Å². The zero-order valence-corrected chi connectivity index (χ0v) is 21.5. The Morgan fingerprint density at radius 3 is 2.76 bits per heavy atom. The van der Waals surface area contributed by atoms with Gasteiger partial charge in [0.1, 0.15) is 0 Å². The van der Waals surface area contributed by atoms with E-state index in [1.54, 1.807) is 23.1 Å². The SMILES string of the molecule is CCSc1sc(C(=O)N2CCC3(CC2)COC2CC=C(CN)C=C23)c2c1C(=O)CC(C)(C)C2. The van der Waals surface area contributed by atoms with Crippen molar-refractivity contribution in [3.8, 4) is 0 Å². The number of nitrogens with two attached hydrogens (primary N) is 1. The van der Waals surface area contributed by atoms with E-state index in [2.05, 4.69) is 32.9 Å². The molecule has 3 heterocycles. The van der Waals surface area contributed by atoms with Crippen LogP contribution in [0.2, 0.25) is 0 Å². The van der Waals surface area contributed by atoms with E-state index in [9.17, 15) is 9.59 Å². The van der Waals surface area contributed by atoms with Crippen molar-refractivity contribution in [1.82, 2.24) is 4.90 Å². The summed E-state index contributed by atoms with van der Waals surface area (Å²) in [5.74, 6) is 1.21. The molecule has 1 spiro atoms. The molecule has 1 unspecified atom stereocenters. The fourth-order valence-electron chi connectivity index (χ4n) is 5.95. The van der Waals surface area contributed by atoms with Gasteiger partial charge in [-0.05, 0) is 53.6 Å². The Labute approximate surface area is 204 Å². The largest absolute Gasteiger partial charge is 0.373 e. The Kier molecular flexibility index (Phi) is 6.13. The summed E-state index contributed by atoms with van der Waals surface area (Å²) in [7, 11) is 0. The van der Waals surface area contributed by atoms with Crippen LogP contribution in [0.3, 0.4) is 0 Å². The van der Waals surface area contributed by atoms with Crippen LogP contribution < -0.4 is 5.73 Å². The lowest BCUT2D eigenvalue weighted by Gasteiger charge is -2.40. The third kappa shape index (κ3) is 4.05. The van der Waals surface area contributed by atoms with Gasteiger partial charge in [0, 0.05) is 37.0 Å². The highest BCUT2D eigenvalue weighted by Crippen LogP contribution is 2.50. The molecule has 0 saturated carbocycles. The molecule has 4 aliphatic rings. The number of piperidine rings is 1. The summed E-state index contributed by atoms with van der Waals surface area (Å²) >= 11 is 3.24. The lowest BCUT2D eigenvalue weighted by atomic mass is 9.71. The topological polar surface area (TPSA) is 72.6 Å². The van der Waals surface area contributed by atoms with Crippen LogP contribution in [0.15, 0.2) is 27.5 Å². The maximum Gasteiger partial charge on any atom is 0.264 e. The van der Waals surface area contributed by atoms with Gasteiger partial charge in [0.15, 0.2) is 5.78 Å². The smallest absolute Gasteiger partial charge is 0.264 e. The molecule has 1 amide bonds. The van der Waals surface area contributed by atoms with Crippen molar-refractivity contribution in [3.05, 3.63) is 39.3 Å². The molecule has 1 atom stereocenters. The van der Waals surface area contributed by atoms with Crippen molar-refractivity contribution in [1.29, 1.82) is 0 Å². The zero-order valence-electron chi connectivity index (χ0n) is 19.9. The molecule has 2 saturated heterocycles. The van der Waals surface area contributed by atoms with E-state index < -0.39 is 0 Å². The van der Waals surface area contributed by atoms with Gasteiger partial charge < -0.3 is 15.4 Å². The Hall–Kier alpha value is -1.41. The van der Waals surface area contributed by atoms with Crippen molar-refractivity contribution in [3.63, 3.8) is 0 Å². The maximum absolute atomic E-state index is 13.7. The van der Waals surface area contributed by atoms with Crippen molar-refractivity contribution in [2.75, 3.05) is 32.0 Å². The third-order valence-corrected chi connectivity index (χ3v) is 10.1. The Balaban J connectivity index is 1.38. The Morgan fingerprint density at radius 1 is 1.30 bits per heavy atom. The van der Waals surface area contributed by atoms with Crippen LogP contribution in [0.1, 0.15) is 72.0 Å². The molecule has 2 aliphatic heterocycles. The number of Topliss-reactive ketones (excluding diaryl/α,β-unsaturated/α-hetero) is 1. The standard InChI is InChI=1S/C26H34N2O3S2/c1-4-32-24-21-17(12-25(2,3)13-19(21)29)22(33-24)23(30)28-9-7-26(8-10-28)15-31-20-6-5-16(14-27)11-18(20)26/h5,11,20H,4,6-10,12-15,27H2,1-3H3. The van der Waals surface area contributed by atoms with Gasteiger partial charge in [0.2, 0.25) is 0 Å². The predicted octanol–water partition coefficient (Wildman–Crippen LogP) is 4.85. The van der Waals surface area contributed by atoms with Gasteiger partial charge in [0.25, 0.3) is 5.91 Å². The number of hydrogen-bond acceptors (Lipinski definition) is 6.